The number of nitrogens with two attached hydrogens (primary N) is 1. The minimum absolute atomic E-state index is 0.159. The number of nitrogens with one attached hydrogen (secondary N) is 1. The molecule has 2 rings (SSSR count). The smallest absolute Gasteiger partial charge is 0.335 e. The maximum atomic E-state index is 12.0. The minimum Gasteiger partial charge on any atom is -0.478 e. The van der Waals surface area contributed by atoms with Gasteiger partial charge in [0, 0.05) is 13.0 Å². The molecule has 1 aromatic rings. The zero-order valence-electron chi connectivity index (χ0n) is 12.0. The molecule has 118 valence electrons. The van der Waals surface area contributed by atoms with Crippen LogP contribution < -0.4 is 11.1 Å². The van der Waals surface area contributed by atoms with Gasteiger partial charge in [0.15, 0.2) is 0 Å². The molecule has 1 heterocycles. The van der Waals surface area contributed by atoms with Crippen molar-refractivity contribution in [1.29, 1.82) is 0 Å². The van der Waals surface area contributed by atoms with Gasteiger partial charge in [-0.25, -0.2) is 4.79 Å². The second kappa shape index (κ2) is 7.04. The largest absolute Gasteiger partial charge is 0.478 e. The van der Waals surface area contributed by atoms with E-state index in [0.717, 1.165) is 5.56 Å². The zero-order chi connectivity index (χ0) is 16.1. The molecule has 7 heteroatoms. The van der Waals surface area contributed by atoms with Crippen LogP contribution in [0, 0.1) is 5.92 Å². The van der Waals surface area contributed by atoms with Gasteiger partial charge in [-0.1, -0.05) is 12.1 Å². The van der Waals surface area contributed by atoms with Crippen LogP contribution in [-0.2, 0) is 20.7 Å². The molecule has 22 heavy (non-hydrogen) atoms. The van der Waals surface area contributed by atoms with Gasteiger partial charge >= 0.3 is 5.97 Å². The Morgan fingerprint density at radius 2 is 2.00 bits per heavy atom. The third kappa shape index (κ3) is 4.05. The summed E-state index contributed by atoms with van der Waals surface area (Å²) in [6.07, 6.45) is 0.846. The Morgan fingerprint density at radius 1 is 1.32 bits per heavy atom. The Hall–Kier alpha value is -2.41. The van der Waals surface area contributed by atoms with Gasteiger partial charge in [0.1, 0.15) is 6.04 Å². The van der Waals surface area contributed by atoms with E-state index in [1.165, 1.54) is 12.1 Å². The van der Waals surface area contributed by atoms with Gasteiger partial charge in [-0.2, -0.15) is 0 Å². The summed E-state index contributed by atoms with van der Waals surface area (Å²) in [5.41, 5.74) is 6.21. The van der Waals surface area contributed by atoms with Gasteiger partial charge < -0.3 is 20.9 Å². The van der Waals surface area contributed by atoms with E-state index >= 15 is 0 Å². The molecule has 0 aliphatic carbocycles. The number of hydrogen-bond acceptors (Lipinski definition) is 4. The number of carboxylic acid groups (broad SMARTS) is 1. The third-order valence-corrected chi connectivity index (χ3v) is 3.60. The summed E-state index contributed by atoms with van der Waals surface area (Å²) in [7, 11) is 0. The lowest BCUT2D eigenvalue weighted by Crippen LogP contribution is -2.48. The number of primary amides is 1. The van der Waals surface area contributed by atoms with Crippen molar-refractivity contribution >= 4 is 17.8 Å². The summed E-state index contributed by atoms with van der Waals surface area (Å²) in [5, 5.41) is 11.5. The second-order valence-electron chi connectivity index (χ2n) is 5.23. The fourth-order valence-corrected chi connectivity index (χ4v) is 2.27. The molecular formula is C15H18N2O5. The Balaban J connectivity index is 2.00. The molecule has 0 unspecified atom stereocenters. The molecule has 0 radical (unpaired) electrons. The van der Waals surface area contributed by atoms with Crippen molar-refractivity contribution in [2.45, 2.75) is 18.9 Å². The van der Waals surface area contributed by atoms with Crippen molar-refractivity contribution in [2.75, 3.05) is 13.2 Å². The Labute approximate surface area is 127 Å². The monoisotopic (exact) mass is 306 g/mol. The van der Waals surface area contributed by atoms with Crippen LogP contribution in [0.5, 0.6) is 0 Å². The summed E-state index contributed by atoms with van der Waals surface area (Å²) >= 11 is 0. The number of carboxylic acids is 1. The van der Waals surface area contributed by atoms with Crippen LogP contribution in [0.2, 0.25) is 0 Å². The summed E-state index contributed by atoms with van der Waals surface area (Å²) in [6.45, 7) is 0.889. The standard InChI is InChI=1S/C15H18N2O5/c16-13(18)12(17-14(19)11-5-6-22-8-11)7-9-1-3-10(4-2-9)15(20)21/h1-4,11-12H,5-8H2,(H2,16,18)(H,17,19)(H,20,21)/t11-,12-/m1/s1. The van der Waals surface area contributed by atoms with Gasteiger partial charge in [-0.05, 0) is 24.1 Å². The summed E-state index contributed by atoms with van der Waals surface area (Å²) in [6, 6.07) is 5.27. The van der Waals surface area contributed by atoms with Crippen molar-refractivity contribution < 1.29 is 24.2 Å². The number of rotatable bonds is 6. The summed E-state index contributed by atoms with van der Waals surface area (Å²) in [5.74, 6) is -2.15. The first kappa shape index (κ1) is 16.0. The molecule has 1 saturated heterocycles. The van der Waals surface area contributed by atoms with Crippen LogP contribution in [0.15, 0.2) is 24.3 Å². The fourth-order valence-electron chi connectivity index (χ4n) is 2.27. The highest BCUT2D eigenvalue weighted by Gasteiger charge is 2.27. The Bertz CT molecular complexity index is 564. The van der Waals surface area contributed by atoms with E-state index in [-0.39, 0.29) is 23.8 Å². The number of carbonyl (C=O) groups is 3. The number of hydrogen-bond donors (Lipinski definition) is 3. The number of amides is 2. The Kier molecular flexibility index (Phi) is 5.11. The van der Waals surface area contributed by atoms with Crippen LogP contribution in [0.4, 0.5) is 0 Å². The Morgan fingerprint density at radius 3 is 2.50 bits per heavy atom. The molecule has 0 bridgehead atoms. The average molecular weight is 306 g/mol. The van der Waals surface area contributed by atoms with E-state index < -0.39 is 17.9 Å². The number of benzene rings is 1. The summed E-state index contributed by atoms with van der Waals surface area (Å²) in [4.78, 5) is 34.3. The van der Waals surface area contributed by atoms with Crippen molar-refractivity contribution in [3.05, 3.63) is 35.4 Å². The number of ether oxygens (including phenoxy) is 1. The predicted molar refractivity (Wildman–Crippen MR) is 77.2 cm³/mol. The molecule has 2 amide bonds. The lowest BCUT2D eigenvalue weighted by atomic mass is 10.0. The first-order valence-electron chi connectivity index (χ1n) is 6.97. The van der Waals surface area contributed by atoms with Crippen LogP contribution in [0.3, 0.4) is 0 Å². The molecule has 0 aromatic heterocycles. The topological polar surface area (TPSA) is 119 Å². The normalized spacial score (nSPS) is 18.6. The van der Waals surface area contributed by atoms with Crippen LogP contribution in [0.1, 0.15) is 22.3 Å². The van der Waals surface area contributed by atoms with Crippen LogP contribution in [-0.4, -0.2) is 42.1 Å². The number of aromatic carboxylic acids is 1. The van der Waals surface area contributed by atoms with Crippen molar-refractivity contribution in [3.63, 3.8) is 0 Å². The molecule has 4 N–H and O–H groups in total. The predicted octanol–water partition coefficient (Wildman–Crippen LogP) is -0.0661. The quantitative estimate of drug-likeness (QED) is 0.680. The first-order chi connectivity index (χ1) is 10.5. The molecule has 1 aliphatic heterocycles. The lowest BCUT2D eigenvalue weighted by Gasteiger charge is -2.17. The summed E-state index contributed by atoms with van der Waals surface area (Å²) < 4.78 is 5.14. The van der Waals surface area contributed by atoms with E-state index in [0.29, 0.717) is 19.6 Å². The van der Waals surface area contributed by atoms with Gasteiger partial charge in [0.2, 0.25) is 11.8 Å². The highest BCUT2D eigenvalue weighted by Crippen LogP contribution is 2.13. The SMILES string of the molecule is NC(=O)[C@@H](Cc1ccc(C(=O)O)cc1)NC(=O)[C@@H]1CCOC1. The van der Waals surface area contributed by atoms with Crippen molar-refractivity contribution in [3.8, 4) is 0 Å². The maximum Gasteiger partial charge on any atom is 0.335 e. The van der Waals surface area contributed by atoms with Gasteiger partial charge in [0.25, 0.3) is 0 Å². The van der Waals surface area contributed by atoms with Crippen LogP contribution >= 0.6 is 0 Å². The van der Waals surface area contributed by atoms with Crippen molar-refractivity contribution in [1.82, 2.24) is 5.32 Å². The van der Waals surface area contributed by atoms with E-state index in [1.807, 2.05) is 0 Å². The fraction of sp³-hybridized carbons (Fsp3) is 0.400. The number of carbonyl (C=O) groups excluding carboxylic acids is 2. The first-order valence-corrected chi connectivity index (χ1v) is 6.97. The molecule has 0 spiro atoms. The van der Waals surface area contributed by atoms with Crippen LogP contribution in [0.25, 0.3) is 0 Å². The highest BCUT2D eigenvalue weighted by molar-refractivity contribution is 5.88. The minimum atomic E-state index is -1.02. The molecule has 2 atom stereocenters. The molecule has 1 aliphatic rings. The highest BCUT2D eigenvalue weighted by atomic mass is 16.5. The third-order valence-electron chi connectivity index (χ3n) is 3.60. The average Bonchev–Trinajstić information content (AvgIpc) is 3.01. The van der Waals surface area contributed by atoms with E-state index in [9.17, 15) is 14.4 Å². The molecule has 1 fully saturated rings. The molecular weight excluding hydrogens is 288 g/mol. The second-order valence-corrected chi connectivity index (χ2v) is 5.23. The molecule has 0 saturated carbocycles. The van der Waals surface area contributed by atoms with E-state index in [4.69, 9.17) is 15.6 Å². The van der Waals surface area contributed by atoms with E-state index in [1.54, 1.807) is 12.1 Å². The van der Waals surface area contributed by atoms with E-state index in [2.05, 4.69) is 5.32 Å². The lowest BCUT2D eigenvalue weighted by molar-refractivity contribution is -0.129. The molecule has 7 nitrogen and oxygen atoms in total. The van der Waals surface area contributed by atoms with Gasteiger partial charge in [0.05, 0.1) is 18.1 Å². The zero-order valence-corrected chi connectivity index (χ0v) is 12.0. The molecule has 1 aromatic carbocycles. The van der Waals surface area contributed by atoms with Gasteiger partial charge in [-0.3, -0.25) is 9.59 Å². The van der Waals surface area contributed by atoms with Crippen molar-refractivity contribution in [2.24, 2.45) is 11.7 Å². The maximum absolute atomic E-state index is 12.0. The van der Waals surface area contributed by atoms with Gasteiger partial charge in [-0.15, -0.1) is 0 Å².